The van der Waals surface area contributed by atoms with Gasteiger partial charge in [0.25, 0.3) is 5.91 Å². The number of aryl methyl sites for hydroxylation is 3. The molecule has 0 unspecified atom stereocenters. The highest BCUT2D eigenvalue weighted by atomic mass is 35.5. The predicted molar refractivity (Wildman–Crippen MR) is 165 cm³/mol. The summed E-state index contributed by atoms with van der Waals surface area (Å²) in [5, 5.41) is 2.65. The summed E-state index contributed by atoms with van der Waals surface area (Å²) in [6, 6.07) is 11.4. The Morgan fingerprint density at radius 2 is 1.80 bits per heavy atom. The number of amides is 1. The first-order valence-electron chi connectivity index (χ1n) is 13.4. The molecule has 0 bridgehead atoms. The van der Waals surface area contributed by atoms with E-state index in [1.807, 2.05) is 65.0 Å². The summed E-state index contributed by atoms with van der Waals surface area (Å²) in [5.41, 5.74) is 5.60. The molecule has 0 heterocycles. The van der Waals surface area contributed by atoms with Crippen molar-refractivity contribution in [3.05, 3.63) is 75.5 Å². The van der Waals surface area contributed by atoms with Crippen LogP contribution < -0.4 is 19.7 Å². The maximum absolute atomic E-state index is 12.9. The molecule has 0 saturated heterocycles. The zero-order valence-electron chi connectivity index (χ0n) is 24.3. The average Bonchev–Trinajstić information content (AvgIpc) is 2.90. The number of Topliss-reactive ketones (excluding diaryl/α,β-unsaturated/α-hetero) is 1. The second-order valence-electron chi connectivity index (χ2n) is 9.85. The van der Waals surface area contributed by atoms with Gasteiger partial charge in [0, 0.05) is 30.9 Å². The second-order valence-corrected chi connectivity index (χ2v) is 12.1. The van der Waals surface area contributed by atoms with Gasteiger partial charge in [-0.1, -0.05) is 36.2 Å². The minimum absolute atomic E-state index is 0.0177. The number of ether oxygens (including phenoxy) is 1. The van der Waals surface area contributed by atoms with E-state index in [4.69, 9.17) is 21.3 Å². The fourth-order valence-electron chi connectivity index (χ4n) is 4.40. The zero-order valence-corrected chi connectivity index (χ0v) is 25.9. The number of benzene rings is 2. The van der Waals surface area contributed by atoms with E-state index in [-0.39, 0.29) is 17.3 Å². The highest BCUT2D eigenvalue weighted by Gasteiger charge is 2.27. The van der Waals surface area contributed by atoms with Crippen LogP contribution in [0.3, 0.4) is 0 Å². The van der Waals surface area contributed by atoms with Gasteiger partial charge in [-0.15, -0.1) is 0 Å². The smallest absolute Gasteiger partial charge is 0.262 e. The van der Waals surface area contributed by atoms with E-state index in [0.717, 1.165) is 28.6 Å². The minimum atomic E-state index is -3.26. The molecule has 1 aliphatic carbocycles. The molecule has 0 spiro atoms. The van der Waals surface area contributed by atoms with Crippen molar-refractivity contribution in [3.8, 4) is 5.75 Å². The van der Waals surface area contributed by atoms with Crippen molar-refractivity contribution in [1.82, 2.24) is 10.0 Å². The number of allylic oxidation sites excluding steroid dienone is 3. The van der Waals surface area contributed by atoms with Crippen LogP contribution >= 0.6 is 11.6 Å². The highest BCUT2D eigenvalue weighted by molar-refractivity contribution is 7.88. The Kier molecular flexibility index (Phi) is 10.9. The first-order chi connectivity index (χ1) is 19.3. The van der Waals surface area contributed by atoms with Crippen LogP contribution in [0.15, 0.2) is 63.8 Å². The molecular formula is C30H37ClN4O5S. The molecule has 1 amide bonds. The number of aliphatic imine (C=N–C) groups is 1. The number of nitrogens with one attached hydrogen (secondary N) is 2. The van der Waals surface area contributed by atoms with Crippen LogP contribution in [0.5, 0.6) is 5.75 Å². The first-order valence-corrected chi connectivity index (χ1v) is 15.6. The number of hydrogen-bond acceptors (Lipinski definition) is 7. The standard InChI is InChI=1S/C30H37ClN4O5S/c1-7-23-25(33-24-11-10-22(16-20(24)4)35(8-2)14-13-32-41(6,38)39)17-26(30(37)29(23)31)34-28(36)18-40-27-12-9-19(3)15-21(27)5/h9-12,15-17,32H,7-8,13-14,18H2,1-6H3,(H,34,36). The van der Waals surface area contributed by atoms with Crippen LogP contribution in [-0.4, -0.2) is 58.3 Å². The lowest BCUT2D eigenvalue weighted by molar-refractivity contribution is -0.123. The number of rotatable bonds is 12. The third-order valence-electron chi connectivity index (χ3n) is 6.53. The second kappa shape index (κ2) is 13.9. The van der Waals surface area contributed by atoms with Crippen molar-refractivity contribution < 1.29 is 22.7 Å². The summed E-state index contributed by atoms with van der Waals surface area (Å²) >= 11 is 6.46. The highest BCUT2D eigenvalue weighted by Crippen LogP contribution is 2.30. The molecule has 41 heavy (non-hydrogen) atoms. The molecule has 2 aromatic carbocycles. The summed E-state index contributed by atoms with van der Waals surface area (Å²) in [4.78, 5) is 32.5. The van der Waals surface area contributed by atoms with Gasteiger partial charge in [0.1, 0.15) is 5.75 Å². The topological polar surface area (TPSA) is 117 Å². The average molecular weight is 601 g/mol. The molecule has 0 aromatic heterocycles. The van der Waals surface area contributed by atoms with Crippen molar-refractivity contribution in [2.45, 2.75) is 41.0 Å². The zero-order chi connectivity index (χ0) is 30.3. The molecule has 0 fully saturated rings. The summed E-state index contributed by atoms with van der Waals surface area (Å²) in [5.74, 6) is -0.370. The van der Waals surface area contributed by atoms with Crippen LogP contribution in [0.1, 0.15) is 37.0 Å². The molecule has 0 radical (unpaired) electrons. The summed E-state index contributed by atoms with van der Waals surface area (Å²) in [7, 11) is -3.26. The molecule has 3 rings (SSSR count). The van der Waals surface area contributed by atoms with E-state index in [9.17, 15) is 18.0 Å². The Bertz CT molecular complexity index is 1530. The number of carbonyl (C=O) groups is 2. The van der Waals surface area contributed by atoms with Gasteiger partial charge in [-0.2, -0.15) is 0 Å². The van der Waals surface area contributed by atoms with Crippen LogP contribution in [0, 0.1) is 20.8 Å². The molecule has 0 saturated carbocycles. The normalized spacial score (nSPS) is 14.8. The van der Waals surface area contributed by atoms with E-state index in [1.165, 1.54) is 0 Å². The number of anilines is 1. The van der Waals surface area contributed by atoms with Crippen molar-refractivity contribution >= 4 is 50.4 Å². The molecule has 1 aliphatic rings. The maximum atomic E-state index is 12.9. The van der Waals surface area contributed by atoms with E-state index in [0.29, 0.717) is 48.8 Å². The number of sulfonamides is 1. The van der Waals surface area contributed by atoms with Gasteiger partial charge in [0.2, 0.25) is 15.8 Å². The van der Waals surface area contributed by atoms with Crippen LogP contribution in [0.25, 0.3) is 0 Å². The maximum Gasteiger partial charge on any atom is 0.262 e. The quantitative estimate of drug-likeness (QED) is 0.343. The molecule has 11 heteroatoms. The fourth-order valence-corrected chi connectivity index (χ4v) is 5.20. The van der Waals surface area contributed by atoms with E-state index < -0.39 is 21.7 Å². The molecule has 0 aliphatic heterocycles. The van der Waals surface area contributed by atoms with Gasteiger partial charge >= 0.3 is 0 Å². The van der Waals surface area contributed by atoms with Gasteiger partial charge in [-0.25, -0.2) is 18.1 Å². The molecular weight excluding hydrogens is 564 g/mol. The van der Waals surface area contributed by atoms with Crippen molar-refractivity contribution in [3.63, 3.8) is 0 Å². The molecule has 2 aromatic rings. The number of carbonyl (C=O) groups excluding carboxylic acids is 2. The van der Waals surface area contributed by atoms with Gasteiger partial charge in [-0.05, 0) is 75.6 Å². The van der Waals surface area contributed by atoms with Crippen molar-refractivity contribution in [2.75, 3.05) is 37.4 Å². The van der Waals surface area contributed by atoms with Crippen LogP contribution in [0.4, 0.5) is 11.4 Å². The van der Waals surface area contributed by atoms with E-state index >= 15 is 0 Å². The lowest BCUT2D eigenvalue weighted by Gasteiger charge is -2.24. The SMILES string of the molecule is CCC1=C(Cl)C(=O)C(NC(=O)COc2ccc(C)cc2C)=CC1=Nc1ccc(N(CC)CCNS(C)(=O)=O)cc1C. The van der Waals surface area contributed by atoms with Crippen LogP contribution in [-0.2, 0) is 19.6 Å². The van der Waals surface area contributed by atoms with Gasteiger partial charge in [-0.3, -0.25) is 9.59 Å². The van der Waals surface area contributed by atoms with E-state index in [2.05, 4.69) is 14.9 Å². The van der Waals surface area contributed by atoms with Crippen molar-refractivity contribution in [2.24, 2.45) is 4.99 Å². The molecule has 9 nitrogen and oxygen atoms in total. The fraction of sp³-hybridized carbons (Fsp3) is 0.367. The minimum Gasteiger partial charge on any atom is -0.483 e. The third-order valence-corrected chi connectivity index (χ3v) is 7.66. The first kappa shape index (κ1) is 32.0. The summed E-state index contributed by atoms with van der Waals surface area (Å²) < 4.78 is 31.0. The Morgan fingerprint density at radius 3 is 2.41 bits per heavy atom. The van der Waals surface area contributed by atoms with Gasteiger partial charge < -0.3 is 15.0 Å². The predicted octanol–water partition coefficient (Wildman–Crippen LogP) is 4.62. The lowest BCUT2D eigenvalue weighted by Crippen LogP contribution is -2.34. The van der Waals surface area contributed by atoms with Crippen molar-refractivity contribution in [1.29, 1.82) is 0 Å². The molecule has 220 valence electrons. The Morgan fingerprint density at radius 1 is 1.07 bits per heavy atom. The summed E-state index contributed by atoms with van der Waals surface area (Å²) in [6.07, 6.45) is 3.16. The number of ketones is 1. The Balaban J connectivity index is 1.81. The lowest BCUT2D eigenvalue weighted by atomic mass is 9.97. The summed E-state index contributed by atoms with van der Waals surface area (Å²) in [6.45, 7) is 10.9. The molecule has 0 atom stereocenters. The van der Waals surface area contributed by atoms with Crippen LogP contribution in [0.2, 0.25) is 0 Å². The largest absolute Gasteiger partial charge is 0.483 e. The van der Waals surface area contributed by atoms with Gasteiger partial charge in [0.05, 0.1) is 28.4 Å². The number of hydrogen-bond donors (Lipinski definition) is 2. The third kappa shape index (κ3) is 8.76. The van der Waals surface area contributed by atoms with Gasteiger partial charge in [0.15, 0.2) is 6.61 Å². The molecule has 2 N–H and O–H groups in total. The number of nitrogens with zero attached hydrogens (tertiary/aromatic N) is 2. The Labute approximate surface area is 247 Å². The van der Waals surface area contributed by atoms with E-state index in [1.54, 1.807) is 12.1 Å². The number of halogens is 1. The monoisotopic (exact) mass is 600 g/mol. The number of likely N-dealkylation sites (N-methyl/N-ethyl adjacent to an activating group) is 1. The Hall–Kier alpha value is -3.47.